The summed E-state index contributed by atoms with van der Waals surface area (Å²) in [4.78, 5) is 12.0. The molecule has 6 heteroatoms. The van der Waals surface area contributed by atoms with Gasteiger partial charge in [0.1, 0.15) is 0 Å². The average molecular weight is 305 g/mol. The van der Waals surface area contributed by atoms with Crippen LogP contribution in [0.15, 0.2) is 36.4 Å². The van der Waals surface area contributed by atoms with Crippen molar-refractivity contribution < 1.29 is 14.3 Å². The van der Waals surface area contributed by atoms with E-state index in [0.717, 1.165) is 5.56 Å². The highest BCUT2D eigenvalue weighted by atomic mass is 35.5. The van der Waals surface area contributed by atoms with E-state index in [0.29, 0.717) is 27.9 Å². The Morgan fingerprint density at radius 3 is 2.71 bits per heavy atom. The van der Waals surface area contributed by atoms with Gasteiger partial charge < -0.3 is 20.1 Å². The molecule has 1 heterocycles. The number of hydrogen-bond donors (Lipinski definition) is 2. The van der Waals surface area contributed by atoms with Crippen LogP contribution in [0.4, 0.5) is 16.2 Å². The Balaban J connectivity index is 1.69. The summed E-state index contributed by atoms with van der Waals surface area (Å²) in [7, 11) is 0. The summed E-state index contributed by atoms with van der Waals surface area (Å²) in [6.45, 7) is 2.13. The Morgan fingerprint density at radius 1 is 1.10 bits per heavy atom. The molecule has 0 spiro atoms. The number of halogens is 1. The lowest BCUT2D eigenvalue weighted by molar-refractivity contribution is 0.174. The molecule has 108 valence electrons. The maximum atomic E-state index is 12.0. The number of carbonyl (C=O) groups excluding carboxylic acids is 1. The fraction of sp³-hybridized carbons (Fsp3) is 0.133. The van der Waals surface area contributed by atoms with Gasteiger partial charge in [0, 0.05) is 11.8 Å². The van der Waals surface area contributed by atoms with Gasteiger partial charge in [0.2, 0.25) is 6.79 Å². The molecule has 5 nitrogen and oxygen atoms in total. The monoisotopic (exact) mass is 304 g/mol. The molecule has 3 rings (SSSR count). The summed E-state index contributed by atoms with van der Waals surface area (Å²) in [6, 6.07) is 10.2. The minimum absolute atomic E-state index is 0.198. The summed E-state index contributed by atoms with van der Waals surface area (Å²) in [5.74, 6) is 1.28. The molecule has 2 N–H and O–H groups in total. The van der Waals surface area contributed by atoms with Crippen molar-refractivity contribution in [1.29, 1.82) is 0 Å². The zero-order valence-electron chi connectivity index (χ0n) is 11.3. The molecule has 21 heavy (non-hydrogen) atoms. The predicted molar refractivity (Wildman–Crippen MR) is 81.4 cm³/mol. The molecule has 2 aromatic carbocycles. The van der Waals surface area contributed by atoms with Crippen LogP contribution in [0.25, 0.3) is 0 Å². The highest BCUT2D eigenvalue weighted by Gasteiger charge is 2.14. The third kappa shape index (κ3) is 3.03. The molecule has 0 fully saturated rings. The summed E-state index contributed by atoms with van der Waals surface area (Å²) in [6.07, 6.45) is 0. The van der Waals surface area contributed by atoms with Gasteiger partial charge >= 0.3 is 6.03 Å². The number of hydrogen-bond acceptors (Lipinski definition) is 3. The SMILES string of the molecule is Cc1ccc(NC(=O)Nc2ccc3c(c2)OCO3)c(Cl)c1. The lowest BCUT2D eigenvalue weighted by atomic mass is 10.2. The zero-order chi connectivity index (χ0) is 14.8. The molecule has 2 amide bonds. The molecular formula is C15H13ClN2O3. The van der Waals surface area contributed by atoms with Gasteiger partial charge in [0.05, 0.1) is 10.7 Å². The molecule has 0 unspecified atom stereocenters. The third-order valence-corrected chi connectivity index (χ3v) is 3.32. The second-order valence-corrected chi connectivity index (χ2v) is 5.04. The molecule has 0 aromatic heterocycles. The van der Waals surface area contributed by atoms with Crippen molar-refractivity contribution in [3.63, 3.8) is 0 Å². The van der Waals surface area contributed by atoms with Gasteiger partial charge in [0.15, 0.2) is 11.5 Å². The van der Waals surface area contributed by atoms with Crippen LogP contribution in [0.2, 0.25) is 5.02 Å². The number of nitrogens with one attached hydrogen (secondary N) is 2. The van der Waals surface area contributed by atoms with Crippen molar-refractivity contribution in [2.75, 3.05) is 17.4 Å². The molecular weight excluding hydrogens is 292 g/mol. The van der Waals surface area contributed by atoms with Gasteiger partial charge in [-0.1, -0.05) is 17.7 Å². The van der Waals surface area contributed by atoms with E-state index < -0.39 is 0 Å². The fourth-order valence-electron chi connectivity index (χ4n) is 1.98. The van der Waals surface area contributed by atoms with Gasteiger partial charge in [-0.3, -0.25) is 0 Å². The van der Waals surface area contributed by atoms with Crippen LogP contribution in [0.1, 0.15) is 5.56 Å². The number of anilines is 2. The van der Waals surface area contributed by atoms with Crippen LogP contribution in [0, 0.1) is 6.92 Å². The summed E-state index contributed by atoms with van der Waals surface area (Å²) >= 11 is 6.07. The smallest absolute Gasteiger partial charge is 0.323 e. The van der Waals surface area contributed by atoms with Crippen LogP contribution in [-0.4, -0.2) is 12.8 Å². The number of fused-ring (bicyclic) bond motifs is 1. The predicted octanol–water partition coefficient (Wildman–Crippen LogP) is 4.02. The van der Waals surface area contributed by atoms with E-state index in [9.17, 15) is 4.79 Å². The van der Waals surface area contributed by atoms with Crippen LogP contribution in [0.5, 0.6) is 11.5 Å². The average Bonchev–Trinajstić information content (AvgIpc) is 2.89. The van der Waals surface area contributed by atoms with Gasteiger partial charge in [-0.05, 0) is 36.8 Å². The van der Waals surface area contributed by atoms with Crippen LogP contribution < -0.4 is 20.1 Å². The normalized spacial score (nSPS) is 12.1. The molecule has 0 saturated heterocycles. The van der Waals surface area contributed by atoms with Crippen molar-refractivity contribution in [1.82, 2.24) is 0 Å². The molecule has 1 aliphatic rings. The van der Waals surface area contributed by atoms with Crippen molar-refractivity contribution in [2.45, 2.75) is 6.92 Å². The summed E-state index contributed by atoms with van der Waals surface area (Å²) in [5.41, 5.74) is 2.20. The van der Waals surface area contributed by atoms with E-state index in [1.165, 1.54) is 0 Å². The van der Waals surface area contributed by atoms with E-state index >= 15 is 0 Å². The number of benzene rings is 2. The first-order valence-electron chi connectivity index (χ1n) is 6.35. The molecule has 0 radical (unpaired) electrons. The standard InChI is InChI=1S/C15H13ClN2O3/c1-9-2-4-12(11(16)6-9)18-15(19)17-10-3-5-13-14(7-10)21-8-20-13/h2-7H,8H2,1H3,(H2,17,18,19). The highest BCUT2D eigenvalue weighted by Crippen LogP contribution is 2.34. The van der Waals surface area contributed by atoms with Crippen molar-refractivity contribution in [3.8, 4) is 11.5 Å². The largest absolute Gasteiger partial charge is 0.454 e. The number of ether oxygens (including phenoxy) is 2. The first-order valence-corrected chi connectivity index (χ1v) is 6.73. The second-order valence-electron chi connectivity index (χ2n) is 4.63. The minimum Gasteiger partial charge on any atom is -0.454 e. The lowest BCUT2D eigenvalue weighted by Crippen LogP contribution is -2.19. The first-order chi connectivity index (χ1) is 10.1. The van der Waals surface area contributed by atoms with E-state index in [2.05, 4.69) is 10.6 Å². The minimum atomic E-state index is -0.375. The maximum absolute atomic E-state index is 12.0. The zero-order valence-corrected chi connectivity index (χ0v) is 12.0. The van der Waals surface area contributed by atoms with Gasteiger partial charge in [-0.15, -0.1) is 0 Å². The van der Waals surface area contributed by atoms with Gasteiger partial charge in [-0.25, -0.2) is 4.79 Å². The van der Waals surface area contributed by atoms with Crippen LogP contribution in [-0.2, 0) is 0 Å². The third-order valence-electron chi connectivity index (χ3n) is 3.00. The summed E-state index contributed by atoms with van der Waals surface area (Å²) in [5, 5.41) is 5.91. The van der Waals surface area contributed by atoms with Gasteiger partial charge in [0.25, 0.3) is 0 Å². The van der Waals surface area contributed by atoms with E-state index in [1.807, 2.05) is 13.0 Å². The Hall–Kier alpha value is -2.40. The maximum Gasteiger partial charge on any atom is 0.323 e. The second kappa shape index (κ2) is 5.54. The number of aryl methyl sites for hydroxylation is 1. The van der Waals surface area contributed by atoms with E-state index in [1.54, 1.807) is 30.3 Å². The lowest BCUT2D eigenvalue weighted by Gasteiger charge is -2.10. The number of rotatable bonds is 2. The van der Waals surface area contributed by atoms with Crippen molar-refractivity contribution in [3.05, 3.63) is 47.0 Å². The Kier molecular flexibility index (Phi) is 3.58. The first kappa shape index (κ1) is 13.6. The number of amides is 2. The van der Waals surface area contributed by atoms with Gasteiger partial charge in [-0.2, -0.15) is 0 Å². The van der Waals surface area contributed by atoms with Crippen LogP contribution >= 0.6 is 11.6 Å². The van der Waals surface area contributed by atoms with E-state index in [4.69, 9.17) is 21.1 Å². The molecule has 1 aliphatic heterocycles. The van der Waals surface area contributed by atoms with Crippen molar-refractivity contribution in [2.24, 2.45) is 0 Å². The Bertz CT molecular complexity index is 703. The van der Waals surface area contributed by atoms with Crippen LogP contribution in [0.3, 0.4) is 0 Å². The Morgan fingerprint density at radius 2 is 1.90 bits per heavy atom. The Labute approximate surface area is 126 Å². The molecule has 0 saturated carbocycles. The fourth-order valence-corrected chi connectivity index (χ4v) is 2.26. The molecule has 0 atom stereocenters. The quantitative estimate of drug-likeness (QED) is 0.881. The topological polar surface area (TPSA) is 59.6 Å². The van der Waals surface area contributed by atoms with Crippen molar-refractivity contribution >= 4 is 29.0 Å². The van der Waals surface area contributed by atoms with E-state index in [-0.39, 0.29) is 12.8 Å². The number of carbonyl (C=O) groups is 1. The molecule has 2 aromatic rings. The highest BCUT2D eigenvalue weighted by molar-refractivity contribution is 6.33. The molecule has 0 bridgehead atoms. The number of urea groups is 1. The molecule has 0 aliphatic carbocycles. The summed E-state index contributed by atoms with van der Waals surface area (Å²) < 4.78 is 10.5.